The van der Waals surface area contributed by atoms with E-state index in [1.807, 2.05) is 0 Å². The molecule has 1 N–H and O–H groups in total. The largest absolute Gasteiger partial charge is 0.387 e. The van der Waals surface area contributed by atoms with Gasteiger partial charge in [-0.25, -0.2) is 0 Å². The van der Waals surface area contributed by atoms with E-state index in [1.54, 1.807) is 0 Å². The van der Waals surface area contributed by atoms with Gasteiger partial charge in [0.1, 0.15) is 0 Å². The van der Waals surface area contributed by atoms with Gasteiger partial charge in [0.05, 0.1) is 6.10 Å². The van der Waals surface area contributed by atoms with Crippen molar-refractivity contribution in [2.45, 2.75) is 71.9 Å². The highest BCUT2D eigenvalue weighted by Gasteiger charge is 2.25. The fourth-order valence-electron chi connectivity index (χ4n) is 2.95. The van der Waals surface area contributed by atoms with Gasteiger partial charge in [0.15, 0.2) is 0 Å². The number of benzene rings is 1. The van der Waals surface area contributed by atoms with Crippen molar-refractivity contribution in [1.82, 2.24) is 4.90 Å². The molecule has 21 heavy (non-hydrogen) atoms. The summed E-state index contributed by atoms with van der Waals surface area (Å²) in [6, 6.07) is 8.74. The predicted octanol–water partition coefficient (Wildman–Crippen LogP) is 4.74. The average molecular weight is 291 g/mol. The lowest BCUT2D eigenvalue weighted by Gasteiger charge is -2.33. The SMILES string of the molecule is CCCC[C@@H]([C@H](O)c1ccc(C(C)C)cc1)N(CC)CC. The van der Waals surface area contributed by atoms with Gasteiger partial charge in [-0.15, -0.1) is 0 Å². The van der Waals surface area contributed by atoms with Crippen LogP contribution in [-0.2, 0) is 0 Å². The van der Waals surface area contributed by atoms with E-state index in [1.165, 1.54) is 18.4 Å². The van der Waals surface area contributed by atoms with Crippen molar-refractivity contribution in [3.05, 3.63) is 35.4 Å². The predicted molar refractivity (Wildman–Crippen MR) is 91.7 cm³/mol. The normalized spacial score (nSPS) is 14.7. The van der Waals surface area contributed by atoms with E-state index in [2.05, 4.69) is 63.8 Å². The second-order valence-electron chi connectivity index (χ2n) is 6.20. The topological polar surface area (TPSA) is 23.5 Å². The smallest absolute Gasteiger partial charge is 0.0945 e. The van der Waals surface area contributed by atoms with Crippen molar-refractivity contribution < 1.29 is 5.11 Å². The Hall–Kier alpha value is -0.860. The second kappa shape index (κ2) is 9.22. The summed E-state index contributed by atoms with van der Waals surface area (Å²) in [5.41, 5.74) is 2.38. The van der Waals surface area contributed by atoms with Crippen LogP contribution in [0.5, 0.6) is 0 Å². The van der Waals surface area contributed by atoms with Crippen LogP contribution in [0.25, 0.3) is 0 Å². The van der Waals surface area contributed by atoms with Gasteiger partial charge in [-0.1, -0.05) is 71.7 Å². The maximum absolute atomic E-state index is 10.8. The lowest BCUT2D eigenvalue weighted by molar-refractivity contribution is 0.0473. The quantitative estimate of drug-likeness (QED) is 0.710. The van der Waals surface area contributed by atoms with Gasteiger partial charge in [0, 0.05) is 6.04 Å². The molecule has 1 aromatic rings. The summed E-state index contributed by atoms with van der Waals surface area (Å²) in [6.07, 6.45) is 3.02. The summed E-state index contributed by atoms with van der Waals surface area (Å²) < 4.78 is 0. The number of hydrogen-bond donors (Lipinski definition) is 1. The maximum Gasteiger partial charge on any atom is 0.0945 e. The molecule has 2 atom stereocenters. The summed E-state index contributed by atoms with van der Waals surface area (Å²) in [4.78, 5) is 2.39. The lowest BCUT2D eigenvalue weighted by Crippen LogP contribution is -2.39. The molecular formula is C19H33NO. The molecule has 2 nitrogen and oxygen atoms in total. The molecule has 0 unspecified atom stereocenters. The fourth-order valence-corrected chi connectivity index (χ4v) is 2.95. The van der Waals surface area contributed by atoms with Crippen LogP contribution in [0.2, 0.25) is 0 Å². The van der Waals surface area contributed by atoms with Gasteiger partial charge in [-0.2, -0.15) is 0 Å². The molecule has 0 saturated carbocycles. The van der Waals surface area contributed by atoms with Crippen LogP contribution in [-0.4, -0.2) is 29.1 Å². The minimum atomic E-state index is -0.391. The Morgan fingerprint density at radius 3 is 1.90 bits per heavy atom. The van der Waals surface area contributed by atoms with E-state index in [9.17, 15) is 5.11 Å². The van der Waals surface area contributed by atoms with Crippen molar-refractivity contribution in [3.8, 4) is 0 Å². The lowest BCUT2D eigenvalue weighted by atomic mass is 9.94. The molecule has 0 aliphatic rings. The number of rotatable bonds is 9. The Kier molecular flexibility index (Phi) is 7.98. The third-order valence-corrected chi connectivity index (χ3v) is 4.44. The van der Waals surface area contributed by atoms with Crippen LogP contribution < -0.4 is 0 Å². The maximum atomic E-state index is 10.8. The van der Waals surface area contributed by atoms with Crippen LogP contribution in [0.4, 0.5) is 0 Å². The Bertz CT molecular complexity index is 381. The van der Waals surface area contributed by atoms with Crippen molar-refractivity contribution in [2.75, 3.05) is 13.1 Å². The van der Waals surface area contributed by atoms with E-state index >= 15 is 0 Å². The Morgan fingerprint density at radius 1 is 0.952 bits per heavy atom. The van der Waals surface area contributed by atoms with Crippen molar-refractivity contribution in [3.63, 3.8) is 0 Å². The molecule has 120 valence electrons. The van der Waals surface area contributed by atoms with Crippen LogP contribution >= 0.6 is 0 Å². The number of unbranched alkanes of at least 4 members (excludes halogenated alkanes) is 1. The first-order valence-corrected chi connectivity index (χ1v) is 8.57. The second-order valence-corrected chi connectivity index (χ2v) is 6.20. The first-order chi connectivity index (χ1) is 10.0. The molecule has 0 bridgehead atoms. The van der Waals surface area contributed by atoms with Crippen molar-refractivity contribution in [1.29, 1.82) is 0 Å². The van der Waals surface area contributed by atoms with E-state index in [0.29, 0.717) is 5.92 Å². The monoisotopic (exact) mass is 291 g/mol. The van der Waals surface area contributed by atoms with Gasteiger partial charge >= 0.3 is 0 Å². The summed E-state index contributed by atoms with van der Waals surface area (Å²) >= 11 is 0. The van der Waals surface area contributed by atoms with E-state index in [0.717, 1.165) is 25.1 Å². The number of aliphatic hydroxyl groups is 1. The molecule has 0 aliphatic carbocycles. The molecule has 0 amide bonds. The molecule has 0 radical (unpaired) electrons. The van der Waals surface area contributed by atoms with Gasteiger partial charge in [0.25, 0.3) is 0 Å². The van der Waals surface area contributed by atoms with Crippen LogP contribution in [0.15, 0.2) is 24.3 Å². The molecule has 0 aliphatic heterocycles. The molecule has 0 spiro atoms. The summed E-state index contributed by atoms with van der Waals surface area (Å²) in [7, 11) is 0. The third kappa shape index (κ3) is 5.12. The zero-order valence-electron chi connectivity index (χ0n) is 14.5. The fraction of sp³-hybridized carbons (Fsp3) is 0.684. The number of aliphatic hydroxyl groups excluding tert-OH is 1. The highest BCUT2D eigenvalue weighted by atomic mass is 16.3. The highest BCUT2D eigenvalue weighted by molar-refractivity contribution is 5.26. The number of likely N-dealkylation sites (N-methyl/N-ethyl adjacent to an activating group) is 1. The molecule has 1 rings (SSSR count). The first-order valence-electron chi connectivity index (χ1n) is 8.57. The van der Waals surface area contributed by atoms with E-state index in [-0.39, 0.29) is 6.04 Å². The van der Waals surface area contributed by atoms with E-state index in [4.69, 9.17) is 0 Å². The van der Waals surface area contributed by atoms with E-state index < -0.39 is 6.10 Å². The number of hydrogen-bond acceptors (Lipinski definition) is 2. The molecule has 0 aromatic heterocycles. The summed E-state index contributed by atoms with van der Waals surface area (Å²) in [6.45, 7) is 13.0. The van der Waals surface area contributed by atoms with Crippen LogP contribution in [0.3, 0.4) is 0 Å². The van der Waals surface area contributed by atoms with Gasteiger partial charge in [-0.05, 0) is 36.6 Å². The average Bonchev–Trinajstić information content (AvgIpc) is 2.51. The summed E-state index contributed by atoms with van der Waals surface area (Å²) in [5, 5.41) is 10.8. The molecule has 1 aromatic carbocycles. The molecule has 0 heterocycles. The standard InChI is InChI=1S/C19H33NO/c1-6-9-10-18(20(7-2)8-3)19(21)17-13-11-16(12-14-17)15(4)5/h11-15,18-19,21H,6-10H2,1-5H3/t18-,19+/m0/s1. The zero-order chi connectivity index (χ0) is 15.8. The minimum Gasteiger partial charge on any atom is -0.387 e. The van der Waals surface area contributed by atoms with Crippen LogP contribution in [0.1, 0.15) is 77.0 Å². The third-order valence-electron chi connectivity index (χ3n) is 4.44. The van der Waals surface area contributed by atoms with Crippen molar-refractivity contribution >= 4 is 0 Å². The Labute approximate surface area is 131 Å². The number of nitrogens with zero attached hydrogens (tertiary/aromatic N) is 1. The minimum absolute atomic E-state index is 0.227. The molecule has 0 fully saturated rings. The van der Waals surface area contributed by atoms with Gasteiger partial charge in [-0.3, -0.25) is 4.90 Å². The van der Waals surface area contributed by atoms with Crippen LogP contribution in [0, 0.1) is 0 Å². The zero-order valence-corrected chi connectivity index (χ0v) is 14.5. The van der Waals surface area contributed by atoms with Gasteiger partial charge < -0.3 is 5.11 Å². The molecule has 0 saturated heterocycles. The highest BCUT2D eigenvalue weighted by Crippen LogP contribution is 2.26. The Balaban J connectivity index is 2.89. The molecular weight excluding hydrogens is 258 g/mol. The molecule has 2 heteroatoms. The Morgan fingerprint density at radius 2 is 1.48 bits per heavy atom. The first kappa shape index (κ1) is 18.2. The summed E-state index contributed by atoms with van der Waals surface area (Å²) in [5.74, 6) is 0.537. The van der Waals surface area contributed by atoms with Gasteiger partial charge in [0.2, 0.25) is 0 Å². The van der Waals surface area contributed by atoms with Crippen molar-refractivity contribution in [2.24, 2.45) is 0 Å².